The minimum Gasteiger partial charge on any atom is -0.464 e. The van der Waals surface area contributed by atoms with Gasteiger partial charge in [-0.25, -0.2) is 0 Å². The largest absolute Gasteiger partial charge is 0.464 e. The Morgan fingerprint density at radius 1 is 1.47 bits per heavy atom. The average molecular weight is 239 g/mol. The normalized spacial score (nSPS) is 17.8. The van der Waals surface area contributed by atoms with E-state index < -0.39 is 0 Å². The Balaban J connectivity index is 2.08. The van der Waals surface area contributed by atoms with Crippen LogP contribution in [0.5, 0.6) is 0 Å². The zero-order valence-electron chi connectivity index (χ0n) is 10.2. The van der Waals surface area contributed by atoms with Gasteiger partial charge < -0.3 is 14.5 Å². The number of nitriles is 1. The van der Waals surface area contributed by atoms with Gasteiger partial charge in [0.05, 0.1) is 19.0 Å². The van der Waals surface area contributed by atoms with Crippen LogP contribution in [-0.2, 0) is 14.3 Å². The molecule has 0 aliphatic carbocycles. The van der Waals surface area contributed by atoms with E-state index >= 15 is 0 Å². The lowest BCUT2D eigenvalue weighted by atomic mass is 10.3. The summed E-state index contributed by atoms with van der Waals surface area (Å²) >= 11 is 0. The van der Waals surface area contributed by atoms with E-state index in [1.807, 2.05) is 25.1 Å². The second-order valence-electron chi connectivity index (χ2n) is 4.21. The third-order valence-electron chi connectivity index (χ3n) is 2.43. The van der Waals surface area contributed by atoms with E-state index in [0.29, 0.717) is 19.7 Å². The molecule has 1 saturated heterocycles. The van der Waals surface area contributed by atoms with Crippen LogP contribution < -0.4 is 0 Å². The standard InChI is InChI=1S/C11H17N3O3/c1-13(2)5-6-17-11(16)4-3-10(15)14-8-9(14)7-12/h9H,3-6,8H2,1-2H3. The number of likely N-dealkylation sites (N-methyl/N-ethyl adjacent to an activating group) is 1. The fraction of sp³-hybridized carbons (Fsp3) is 0.727. The third kappa shape index (κ3) is 4.83. The van der Waals surface area contributed by atoms with Crippen molar-refractivity contribution in [3.63, 3.8) is 0 Å². The number of carbonyl (C=O) groups is 2. The Morgan fingerprint density at radius 3 is 2.71 bits per heavy atom. The summed E-state index contributed by atoms with van der Waals surface area (Å²) in [4.78, 5) is 26.0. The van der Waals surface area contributed by atoms with Gasteiger partial charge in [-0.1, -0.05) is 0 Å². The molecule has 1 aliphatic rings. The Kier molecular flexibility index (Phi) is 4.91. The van der Waals surface area contributed by atoms with Crippen LogP contribution in [0, 0.1) is 11.3 Å². The highest BCUT2D eigenvalue weighted by Gasteiger charge is 2.38. The molecule has 6 nitrogen and oxygen atoms in total. The number of hydrogen-bond donors (Lipinski definition) is 0. The summed E-state index contributed by atoms with van der Waals surface area (Å²) < 4.78 is 4.94. The Morgan fingerprint density at radius 2 is 2.18 bits per heavy atom. The first-order chi connectivity index (χ1) is 8.04. The van der Waals surface area contributed by atoms with Crippen molar-refractivity contribution in [3.05, 3.63) is 0 Å². The van der Waals surface area contributed by atoms with Gasteiger partial charge in [-0.05, 0) is 14.1 Å². The third-order valence-corrected chi connectivity index (χ3v) is 2.43. The van der Waals surface area contributed by atoms with Crippen LogP contribution in [-0.4, -0.2) is 61.5 Å². The Labute approximate surface area is 101 Å². The van der Waals surface area contributed by atoms with Gasteiger partial charge in [-0.15, -0.1) is 0 Å². The van der Waals surface area contributed by atoms with E-state index in [1.54, 1.807) is 0 Å². The summed E-state index contributed by atoms with van der Waals surface area (Å²) in [6.45, 7) is 1.50. The molecule has 0 N–H and O–H groups in total. The summed E-state index contributed by atoms with van der Waals surface area (Å²) in [6.07, 6.45) is 0.208. The lowest BCUT2D eigenvalue weighted by molar-refractivity contribution is -0.145. The lowest BCUT2D eigenvalue weighted by Gasteiger charge is -2.09. The van der Waals surface area contributed by atoms with Crippen molar-refractivity contribution in [1.29, 1.82) is 5.26 Å². The van der Waals surface area contributed by atoms with Crippen molar-refractivity contribution >= 4 is 11.9 Å². The molecule has 1 heterocycles. The van der Waals surface area contributed by atoms with Crippen LogP contribution in [0.1, 0.15) is 12.8 Å². The number of nitrogens with zero attached hydrogens (tertiary/aromatic N) is 3. The van der Waals surface area contributed by atoms with Crippen LogP contribution in [0.25, 0.3) is 0 Å². The smallest absolute Gasteiger partial charge is 0.306 e. The molecule has 0 radical (unpaired) electrons. The first kappa shape index (κ1) is 13.5. The monoisotopic (exact) mass is 239 g/mol. The van der Waals surface area contributed by atoms with Gasteiger partial charge in [0.15, 0.2) is 0 Å². The highest BCUT2D eigenvalue weighted by Crippen LogP contribution is 2.17. The van der Waals surface area contributed by atoms with Crippen molar-refractivity contribution in [3.8, 4) is 6.07 Å². The average Bonchev–Trinajstić information content (AvgIpc) is 3.04. The molecule has 1 fully saturated rings. The lowest BCUT2D eigenvalue weighted by Crippen LogP contribution is -2.21. The maximum absolute atomic E-state index is 11.4. The van der Waals surface area contributed by atoms with Crippen LogP contribution in [0.3, 0.4) is 0 Å². The molecule has 0 spiro atoms. The summed E-state index contributed by atoms with van der Waals surface area (Å²) in [5, 5.41) is 8.53. The van der Waals surface area contributed by atoms with Gasteiger partial charge >= 0.3 is 5.97 Å². The molecule has 94 valence electrons. The highest BCUT2D eigenvalue weighted by molar-refractivity contribution is 5.83. The van der Waals surface area contributed by atoms with Crippen molar-refractivity contribution in [1.82, 2.24) is 9.80 Å². The van der Waals surface area contributed by atoms with E-state index in [9.17, 15) is 9.59 Å². The number of hydrogen-bond acceptors (Lipinski definition) is 5. The fourth-order valence-corrected chi connectivity index (χ4v) is 1.29. The molecule has 1 rings (SSSR count). The number of amides is 1. The molecule has 0 aromatic carbocycles. The minimum atomic E-state index is -0.365. The van der Waals surface area contributed by atoms with E-state index in [0.717, 1.165) is 0 Å². The van der Waals surface area contributed by atoms with Gasteiger partial charge in [0.2, 0.25) is 5.91 Å². The molecule has 17 heavy (non-hydrogen) atoms. The van der Waals surface area contributed by atoms with Gasteiger partial charge in [-0.2, -0.15) is 5.26 Å². The molecule has 0 bridgehead atoms. The van der Waals surface area contributed by atoms with Crippen LogP contribution in [0.2, 0.25) is 0 Å². The van der Waals surface area contributed by atoms with Crippen LogP contribution in [0.15, 0.2) is 0 Å². The van der Waals surface area contributed by atoms with E-state index in [4.69, 9.17) is 10.00 Å². The minimum absolute atomic E-state index is 0.0842. The zero-order valence-corrected chi connectivity index (χ0v) is 10.2. The molecule has 6 heteroatoms. The molecular formula is C11H17N3O3. The highest BCUT2D eigenvalue weighted by atomic mass is 16.5. The van der Waals surface area contributed by atoms with Crippen molar-refractivity contribution in [2.24, 2.45) is 0 Å². The number of rotatable bonds is 6. The maximum Gasteiger partial charge on any atom is 0.306 e. The molecule has 1 atom stereocenters. The maximum atomic E-state index is 11.4. The Bertz CT molecular complexity index is 335. The summed E-state index contributed by atoms with van der Waals surface area (Å²) in [6, 6.07) is 1.70. The predicted molar refractivity (Wildman–Crippen MR) is 59.9 cm³/mol. The molecule has 1 unspecified atom stereocenters. The molecule has 1 aliphatic heterocycles. The summed E-state index contributed by atoms with van der Waals surface area (Å²) in [5.74, 6) is -0.517. The number of ether oxygens (including phenoxy) is 1. The molecule has 0 aromatic heterocycles. The van der Waals surface area contributed by atoms with Gasteiger partial charge in [0.25, 0.3) is 0 Å². The zero-order chi connectivity index (χ0) is 12.8. The van der Waals surface area contributed by atoms with Crippen LogP contribution >= 0.6 is 0 Å². The number of esters is 1. The molecule has 0 aromatic rings. The summed E-state index contributed by atoms with van der Waals surface area (Å²) in [7, 11) is 3.78. The molecule has 0 saturated carbocycles. The second-order valence-corrected chi connectivity index (χ2v) is 4.21. The topological polar surface area (TPSA) is 73.4 Å². The second kappa shape index (κ2) is 6.21. The van der Waals surface area contributed by atoms with Crippen molar-refractivity contribution in [2.75, 3.05) is 33.8 Å². The van der Waals surface area contributed by atoms with Crippen molar-refractivity contribution in [2.45, 2.75) is 18.9 Å². The molecular weight excluding hydrogens is 222 g/mol. The van der Waals surface area contributed by atoms with Gasteiger partial charge in [-0.3, -0.25) is 9.59 Å². The van der Waals surface area contributed by atoms with E-state index in [2.05, 4.69) is 0 Å². The number of carbonyl (C=O) groups excluding carboxylic acids is 2. The quantitative estimate of drug-likeness (QED) is 0.466. The van der Waals surface area contributed by atoms with E-state index in [-0.39, 0.29) is 30.8 Å². The first-order valence-corrected chi connectivity index (χ1v) is 5.54. The fourth-order valence-electron chi connectivity index (χ4n) is 1.29. The van der Waals surface area contributed by atoms with Crippen molar-refractivity contribution < 1.29 is 14.3 Å². The SMILES string of the molecule is CN(C)CCOC(=O)CCC(=O)N1CC1C#N. The van der Waals surface area contributed by atoms with Gasteiger partial charge in [0, 0.05) is 13.0 Å². The molecule has 1 amide bonds. The Hall–Kier alpha value is -1.61. The predicted octanol–water partition coefficient (Wildman–Crippen LogP) is -0.394. The van der Waals surface area contributed by atoms with E-state index in [1.165, 1.54) is 4.90 Å². The van der Waals surface area contributed by atoms with Gasteiger partial charge in [0.1, 0.15) is 12.6 Å². The summed E-state index contributed by atoms with van der Waals surface area (Å²) in [5.41, 5.74) is 0. The van der Waals surface area contributed by atoms with Crippen LogP contribution in [0.4, 0.5) is 0 Å². The first-order valence-electron chi connectivity index (χ1n) is 5.54.